The highest BCUT2D eigenvalue weighted by molar-refractivity contribution is 5.23. The average molecular weight is 182 g/mol. The van der Waals surface area contributed by atoms with Crippen LogP contribution in [0.2, 0.25) is 0 Å². The predicted octanol–water partition coefficient (Wildman–Crippen LogP) is 1.58. The Morgan fingerprint density at radius 1 is 1.38 bits per heavy atom. The van der Waals surface area contributed by atoms with E-state index < -0.39 is 0 Å². The molecular weight excluding hydrogens is 168 g/mol. The number of hydrogen-bond acceptors (Lipinski definition) is 4. The molecule has 0 aromatic carbocycles. The van der Waals surface area contributed by atoms with E-state index in [9.17, 15) is 0 Å². The van der Waals surface area contributed by atoms with Crippen molar-refractivity contribution in [2.45, 2.75) is 26.9 Å². The van der Waals surface area contributed by atoms with Gasteiger partial charge in [0.25, 0.3) is 0 Å². The second kappa shape index (κ2) is 4.07. The molecule has 4 nitrogen and oxygen atoms in total. The normalized spacial score (nSPS) is 10.2. The lowest BCUT2D eigenvalue weighted by Crippen LogP contribution is -2.09. The van der Waals surface area contributed by atoms with Crippen molar-refractivity contribution in [1.29, 1.82) is 0 Å². The minimum atomic E-state index is 0.110. The summed E-state index contributed by atoms with van der Waals surface area (Å²) in [6.07, 6.45) is 1.79. The van der Waals surface area contributed by atoms with Crippen LogP contribution in [0.4, 0.5) is 0 Å². The molecule has 72 valence electrons. The molecule has 1 rings (SSSR count). The van der Waals surface area contributed by atoms with E-state index in [4.69, 9.17) is 9.47 Å². The van der Waals surface area contributed by atoms with Gasteiger partial charge < -0.3 is 9.47 Å². The maximum Gasteiger partial charge on any atom is 0.319 e. The van der Waals surface area contributed by atoms with Crippen LogP contribution in [0.3, 0.4) is 0 Å². The van der Waals surface area contributed by atoms with Gasteiger partial charge in [-0.1, -0.05) is 0 Å². The third-order valence-corrected chi connectivity index (χ3v) is 1.43. The Morgan fingerprint density at radius 3 is 2.62 bits per heavy atom. The molecule has 13 heavy (non-hydrogen) atoms. The second-order valence-electron chi connectivity index (χ2n) is 3.01. The Bertz CT molecular complexity index is 287. The van der Waals surface area contributed by atoms with E-state index in [0.29, 0.717) is 11.9 Å². The van der Waals surface area contributed by atoms with Gasteiger partial charge in [-0.25, -0.2) is 4.98 Å². The topological polar surface area (TPSA) is 44.2 Å². The molecule has 0 atom stereocenters. The summed E-state index contributed by atoms with van der Waals surface area (Å²) in [4.78, 5) is 8.03. The standard InChI is InChI=1S/C9H14N2O2/c1-6(2)13-8-7(3)5-10-9(11-8)12-4/h5-6H,1-4H3. The summed E-state index contributed by atoms with van der Waals surface area (Å²) in [5.74, 6) is 0.585. The van der Waals surface area contributed by atoms with Gasteiger partial charge >= 0.3 is 6.01 Å². The summed E-state index contributed by atoms with van der Waals surface area (Å²) in [5, 5.41) is 0. The minimum absolute atomic E-state index is 0.110. The zero-order chi connectivity index (χ0) is 9.84. The Kier molecular flexibility index (Phi) is 3.06. The quantitative estimate of drug-likeness (QED) is 0.712. The fourth-order valence-corrected chi connectivity index (χ4v) is 0.852. The molecule has 4 heteroatoms. The van der Waals surface area contributed by atoms with E-state index in [2.05, 4.69) is 9.97 Å². The molecule has 0 aliphatic rings. The number of rotatable bonds is 3. The first kappa shape index (κ1) is 9.77. The van der Waals surface area contributed by atoms with E-state index in [-0.39, 0.29) is 6.10 Å². The maximum absolute atomic E-state index is 5.46. The van der Waals surface area contributed by atoms with Crippen molar-refractivity contribution in [1.82, 2.24) is 9.97 Å². The fourth-order valence-electron chi connectivity index (χ4n) is 0.852. The molecule has 0 N–H and O–H groups in total. The molecule has 0 aliphatic heterocycles. The summed E-state index contributed by atoms with van der Waals surface area (Å²) in [5.41, 5.74) is 0.912. The third-order valence-electron chi connectivity index (χ3n) is 1.43. The van der Waals surface area contributed by atoms with Crippen LogP contribution in [-0.4, -0.2) is 23.2 Å². The van der Waals surface area contributed by atoms with Gasteiger partial charge in [-0.2, -0.15) is 4.98 Å². The molecular formula is C9H14N2O2. The van der Waals surface area contributed by atoms with E-state index in [1.54, 1.807) is 6.20 Å². The molecule has 0 radical (unpaired) electrons. The summed E-state index contributed by atoms with van der Waals surface area (Å²) in [7, 11) is 1.53. The Labute approximate surface area is 77.9 Å². The molecule has 0 fully saturated rings. The van der Waals surface area contributed by atoms with Gasteiger partial charge in [0, 0.05) is 11.8 Å². The van der Waals surface area contributed by atoms with Crippen molar-refractivity contribution in [2.75, 3.05) is 7.11 Å². The minimum Gasteiger partial charge on any atom is -0.475 e. The highest BCUT2D eigenvalue weighted by Crippen LogP contribution is 2.17. The Hall–Kier alpha value is -1.32. The van der Waals surface area contributed by atoms with Crippen LogP contribution in [0.1, 0.15) is 19.4 Å². The molecule has 1 aromatic rings. The number of aryl methyl sites for hydroxylation is 1. The molecule has 0 bridgehead atoms. The first-order chi connectivity index (χ1) is 6.13. The van der Waals surface area contributed by atoms with Crippen molar-refractivity contribution in [2.24, 2.45) is 0 Å². The first-order valence-electron chi connectivity index (χ1n) is 4.17. The monoisotopic (exact) mass is 182 g/mol. The molecule has 1 heterocycles. The summed E-state index contributed by atoms with van der Waals surface area (Å²) < 4.78 is 10.3. The number of aromatic nitrogens is 2. The molecule has 1 aromatic heterocycles. The van der Waals surface area contributed by atoms with Gasteiger partial charge in [-0.05, 0) is 20.8 Å². The van der Waals surface area contributed by atoms with Crippen LogP contribution in [0.15, 0.2) is 6.20 Å². The molecule has 0 saturated carbocycles. The van der Waals surface area contributed by atoms with Crippen LogP contribution in [-0.2, 0) is 0 Å². The highest BCUT2D eigenvalue weighted by Gasteiger charge is 2.06. The van der Waals surface area contributed by atoms with Crippen molar-refractivity contribution >= 4 is 0 Å². The van der Waals surface area contributed by atoms with Gasteiger partial charge in [0.15, 0.2) is 0 Å². The van der Waals surface area contributed by atoms with Gasteiger partial charge in [0.1, 0.15) is 0 Å². The summed E-state index contributed by atoms with van der Waals surface area (Å²) in [6.45, 7) is 5.80. The zero-order valence-corrected chi connectivity index (χ0v) is 8.37. The first-order valence-corrected chi connectivity index (χ1v) is 4.17. The van der Waals surface area contributed by atoms with Crippen LogP contribution in [0.5, 0.6) is 11.9 Å². The van der Waals surface area contributed by atoms with Gasteiger partial charge in [-0.15, -0.1) is 0 Å². The Morgan fingerprint density at radius 2 is 2.08 bits per heavy atom. The largest absolute Gasteiger partial charge is 0.475 e. The van der Waals surface area contributed by atoms with E-state index in [0.717, 1.165) is 5.56 Å². The van der Waals surface area contributed by atoms with Gasteiger partial charge in [0.2, 0.25) is 5.88 Å². The lowest BCUT2D eigenvalue weighted by molar-refractivity contribution is 0.226. The highest BCUT2D eigenvalue weighted by atomic mass is 16.5. The smallest absolute Gasteiger partial charge is 0.319 e. The van der Waals surface area contributed by atoms with Crippen molar-refractivity contribution < 1.29 is 9.47 Å². The van der Waals surface area contributed by atoms with Crippen LogP contribution >= 0.6 is 0 Å². The number of methoxy groups -OCH3 is 1. The van der Waals surface area contributed by atoms with Crippen molar-refractivity contribution in [3.05, 3.63) is 11.8 Å². The van der Waals surface area contributed by atoms with Crippen LogP contribution in [0.25, 0.3) is 0 Å². The molecule has 0 aliphatic carbocycles. The van der Waals surface area contributed by atoms with E-state index in [1.165, 1.54) is 7.11 Å². The molecule has 0 amide bonds. The predicted molar refractivity (Wildman–Crippen MR) is 49.1 cm³/mol. The Balaban J connectivity index is 2.90. The third kappa shape index (κ3) is 2.57. The van der Waals surface area contributed by atoms with E-state index in [1.807, 2.05) is 20.8 Å². The average Bonchev–Trinajstić information content (AvgIpc) is 2.08. The molecule has 0 unspecified atom stereocenters. The SMILES string of the molecule is COc1ncc(C)c(OC(C)C)n1. The number of ether oxygens (including phenoxy) is 2. The summed E-state index contributed by atoms with van der Waals surface area (Å²) in [6, 6.07) is 0.334. The van der Waals surface area contributed by atoms with Crippen LogP contribution in [0, 0.1) is 6.92 Å². The lowest BCUT2D eigenvalue weighted by atomic mass is 10.4. The van der Waals surface area contributed by atoms with Gasteiger partial charge in [-0.3, -0.25) is 0 Å². The second-order valence-corrected chi connectivity index (χ2v) is 3.01. The number of hydrogen-bond donors (Lipinski definition) is 0. The van der Waals surface area contributed by atoms with Gasteiger partial charge in [0.05, 0.1) is 13.2 Å². The maximum atomic E-state index is 5.46. The lowest BCUT2D eigenvalue weighted by Gasteiger charge is -2.10. The fraction of sp³-hybridized carbons (Fsp3) is 0.556. The van der Waals surface area contributed by atoms with Crippen LogP contribution < -0.4 is 9.47 Å². The zero-order valence-electron chi connectivity index (χ0n) is 8.37. The van der Waals surface area contributed by atoms with E-state index >= 15 is 0 Å². The molecule has 0 spiro atoms. The number of nitrogens with zero attached hydrogens (tertiary/aromatic N) is 2. The summed E-state index contributed by atoms with van der Waals surface area (Å²) >= 11 is 0. The molecule has 0 saturated heterocycles. The van der Waals surface area contributed by atoms with Crippen molar-refractivity contribution in [3.8, 4) is 11.9 Å². The van der Waals surface area contributed by atoms with Crippen molar-refractivity contribution in [3.63, 3.8) is 0 Å².